The molecule has 0 aromatic heterocycles. The van der Waals surface area contributed by atoms with Gasteiger partial charge in [0.15, 0.2) is 5.78 Å². The molecule has 2 aromatic carbocycles. The van der Waals surface area contributed by atoms with Gasteiger partial charge in [-0.2, -0.15) is 0 Å². The van der Waals surface area contributed by atoms with Crippen LogP contribution in [-0.4, -0.2) is 29.7 Å². The first kappa shape index (κ1) is 16.1. The molecule has 25 heavy (non-hydrogen) atoms. The molecule has 4 rings (SSSR count). The van der Waals surface area contributed by atoms with E-state index < -0.39 is 0 Å². The zero-order valence-electron chi connectivity index (χ0n) is 14.4. The van der Waals surface area contributed by atoms with Gasteiger partial charge in [-0.3, -0.25) is 9.59 Å². The molecule has 0 unspecified atom stereocenters. The topological polar surface area (TPSA) is 37.4 Å². The summed E-state index contributed by atoms with van der Waals surface area (Å²) in [6.07, 6.45) is 3.06. The van der Waals surface area contributed by atoms with Gasteiger partial charge in [-0.25, -0.2) is 0 Å². The SMILES string of the molecule is O=C1C[C@H](C(=O)N2CCC(c3ccccc3)CC2)Cc2ccccc21. The van der Waals surface area contributed by atoms with Gasteiger partial charge in [0.2, 0.25) is 5.91 Å². The molecule has 0 bridgehead atoms. The lowest BCUT2D eigenvalue weighted by molar-refractivity contribution is -0.136. The molecule has 1 atom stereocenters. The first-order valence-electron chi connectivity index (χ1n) is 9.17. The number of nitrogens with zero attached hydrogens (tertiary/aromatic N) is 1. The number of hydrogen-bond donors (Lipinski definition) is 0. The highest BCUT2D eigenvalue weighted by Gasteiger charge is 2.33. The number of amides is 1. The Bertz CT molecular complexity index is 776. The summed E-state index contributed by atoms with van der Waals surface area (Å²) in [6, 6.07) is 18.3. The Balaban J connectivity index is 1.41. The highest BCUT2D eigenvalue weighted by Crippen LogP contribution is 2.31. The predicted molar refractivity (Wildman–Crippen MR) is 97.6 cm³/mol. The second-order valence-corrected chi connectivity index (χ2v) is 7.20. The Morgan fingerprint density at radius 3 is 2.32 bits per heavy atom. The minimum absolute atomic E-state index is 0.111. The molecule has 128 valence electrons. The maximum Gasteiger partial charge on any atom is 0.226 e. The fraction of sp³-hybridized carbons (Fsp3) is 0.364. The van der Waals surface area contributed by atoms with Gasteiger partial charge in [0.05, 0.1) is 0 Å². The molecule has 1 amide bonds. The largest absolute Gasteiger partial charge is 0.342 e. The molecule has 1 fully saturated rings. The van der Waals surface area contributed by atoms with Crippen LogP contribution in [0.5, 0.6) is 0 Å². The number of Topliss-reactive ketones (excluding diaryl/α,β-unsaturated/α-hetero) is 1. The molecule has 2 aromatic rings. The Morgan fingerprint density at radius 1 is 0.880 bits per heavy atom. The minimum atomic E-state index is -0.185. The average Bonchev–Trinajstić information content (AvgIpc) is 2.68. The molecule has 1 saturated heterocycles. The third-order valence-electron chi connectivity index (χ3n) is 5.64. The van der Waals surface area contributed by atoms with Crippen LogP contribution in [0.2, 0.25) is 0 Å². The summed E-state index contributed by atoms with van der Waals surface area (Å²) in [5, 5.41) is 0. The lowest BCUT2D eigenvalue weighted by Gasteiger charge is -2.35. The van der Waals surface area contributed by atoms with Crippen molar-refractivity contribution in [2.45, 2.75) is 31.6 Å². The molecule has 1 aliphatic carbocycles. The number of piperidine rings is 1. The van der Waals surface area contributed by atoms with E-state index in [1.165, 1.54) is 5.56 Å². The fourth-order valence-corrected chi connectivity index (χ4v) is 4.23. The molecule has 0 spiro atoms. The van der Waals surface area contributed by atoms with E-state index in [9.17, 15) is 9.59 Å². The summed E-state index contributed by atoms with van der Waals surface area (Å²) < 4.78 is 0. The third kappa shape index (κ3) is 3.23. The molecule has 3 heteroatoms. The van der Waals surface area contributed by atoms with E-state index in [4.69, 9.17) is 0 Å². The molecular weight excluding hydrogens is 310 g/mol. The van der Waals surface area contributed by atoms with Crippen LogP contribution in [-0.2, 0) is 11.2 Å². The van der Waals surface area contributed by atoms with Gasteiger partial charge in [0, 0.05) is 31.0 Å². The van der Waals surface area contributed by atoms with Crippen molar-refractivity contribution in [2.75, 3.05) is 13.1 Å². The van der Waals surface area contributed by atoms with E-state index in [1.807, 2.05) is 35.2 Å². The lowest BCUT2D eigenvalue weighted by atomic mass is 9.81. The zero-order chi connectivity index (χ0) is 17.2. The van der Waals surface area contributed by atoms with Gasteiger partial charge < -0.3 is 4.90 Å². The summed E-state index contributed by atoms with van der Waals surface area (Å²) in [4.78, 5) is 27.3. The standard InChI is InChI=1S/C22H23NO2/c24-21-15-19(14-18-8-4-5-9-20(18)21)22(25)23-12-10-17(11-13-23)16-6-2-1-3-7-16/h1-9,17,19H,10-15H2/t19-/m1/s1. The minimum Gasteiger partial charge on any atom is -0.342 e. The van der Waals surface area contributed by atoms with E-state index in [2.05, 4.69) is 24.3 Å². The Labute approximate surface area is 148 Å². The summed E-state index contributed by atoms with van der Waals surface area (Å²) in [5.41, 5.74) is 3.20. The molecule has 0 radical (unpaired) electrons. The third-order valence-corrected chi connectivity index (χ3v) is 5.64. The number of rotatable bonds is 2. The van der Waals surface area contributed by atoms with E-state index in [0.717, 1.165) is 37.1 Å². The number of carbonyl (C=O) groups is 2. The Hall–Kier alpha value is -2.42. The van der Waals surface area contributed by atoms with Gasteiger partial charge in [-0.15, -0.1) is 0 Å². The highest BCUT2D eigenvalue weighted by atomic mass is 16.2. The van der Waals surface area contributed by atoms with Gasteiger partial charge in [0.25, 0.3) is 0 Å². The van der Waals surface area contributed by atoms with Gasteiger partial charge >= 0.3 is 0 Å². The van der Waals surface area contributed by atoms with Crippen LogP contribution in [0.1, 0.15) is 46.7 Å². The van der Waals surface area contributed by atoms with E-state index in [-0.39, 0.29) is 17.6 Å². The second-order valence-electron chi connectivity index (χ2n) is 7.20. The van der Waals surface area contributed by atoms with Crippen molar-refractivity contribution in [3.63, 3.8) is 0 Å². The van der Waals surface area contributed by atoms with Crippen molar-refractivity contribution >= 4 is 11.7 Å². The number of ketones is 1. The van der Waals surface area contributed by atoms with Crippen LogP contribution in [0.15, 0.2) is 54.6 Å². The molecule has 1 aliphatic heterocycles. The molecule has 1 heterocycles. The molecule has 0 saturated carbocycles. The van der Waals surface area contributed by atoms with Crippen molar-refractivity contribution < 1.29 is 9.59 Å². The summed E-state index contributed by atoms with van der Waals surface area (Å²) in [5.74, 6) is 0.628. The Morgan fingerprint density at radius 2 is 1.56 bits per heavy atom. The maximum atomic E-state index is 12.9. The number of carbonyl (C=O) groups excluding carboxylic acids is 2. The van der Waals surface area contributed by atoms with Crippen LogP contribution >= 0.6 is 0 Å². The second kappa shape index (κ2) is 6.83. The number of likely N-dealkylation sites (tertiary alicyclic amines) is 1. The molecule has 0 N–H and O–H groups in total. The van der Waals surface area contributed by atoms with E-state index in [0.29, 0.717) is 18.8 Å². The van der Waals surface area contributed by atoms with Gasteiger partial charge in [-0.1, -0.05) is 54.6 Å². The summed E-state index contributed by atoms with van der Waals surface area (Å²) in [7, 11) is 0. The lowest BCUT2D eigenvalue weighted by Crippen LogP contribution is -2.43. The van der Waals surface area contributed by atoms with Crippen molar-refractivity contribution in [3.8, 4) is 0 Å². The number of hydrogen-bond acceptors (Lipinski definition) is 2. The monoisotopic (exact) mass is 333 g/mol. The average molecular weight is 333 g/mol. The molecule has 3 nitrogen and oxygen atoms in total. The van der Waals surface area contributed by atoms with Crippen LogP contribution in [0.25, 0.3) is 0 Å². The predicted octanol–water partition coefficient (Wildman–Crippen LogP) is 3.84. The first-order valence-corrected chi connectivity index (χ1v) is 9.17. The number of benzene rings is 2. The first-order chi connectivity index (χ1) is 12.2. The maximum absolute atomic E-state index is 12.9. The smallest absolute Gasteiger partial charge is 0.226 e. The summed E-state index contributed by atoms with van der Waals surface area (Å²) in [6.45, 7) is 1.59. The molecular formula is C22H23NO2. The zero-order valence-corrected chi connectivity index (χ0v) is 14.4. The van der Waals surface area contributed by atoms with E-state index in [1.54, 1.807) is 0 Å². The van der Waals surface area contributed by atoms with Gasteiger partial charge in [-0.05, 0) is 36.3 Å². The summed E-state index contributed by atoms with van der Waals surface area (Å²) >= 11 is 0. The normalized spacial score (nSPS) is 21.0. The Kier molecular flexibility index (Phi) is 4.39. The quantitative estimate of drug-likeness (QED) is 0.837. The van der Waals surface area contributed by atoms with Crippen molar-refractivity contribution in [1.82, 2.24) is 4.90 Å². The van der Waals surface area contributed by atoms with Crippen LogP contribution in [0.4, 0.5) is 0 Å². The van der Waals surface area contributed by atoms with Crippen molar-refractivity contribution in [3.05, 3.63) is 71.3 Å². The number of fused-ring (bicyclic) bond motifs is 1. The van der Waals surface area contributed by atoms with Gasteiger partial charge in [0.1, 0.15) is 0 Å². The van der Waals surface area contributed by atoms with Crippen LogP contribution < -0.4 is 0 Å². The highest BCUT2D eigenvalue weighted by molar-refractivity contribution is 6.01. The van der Waals surface area contributed by atoms with Crippen molar-refractivity contribution in [1.29, 1.82) is 0 Å². The van der Waals surface area contributed by atoms with Crippen LogP contribution in [0.3, 0.4) is 0 Å². The fourth-order valence-electron chi connectivity index (χ4n) is 4.23. The molecule has 2 aliphatic rings. The van der Waals surface area contributed by atoms with E-state index >= 15 is 0 Å². The van der Waals surface area contributed by atoms with Crippen molar-refractivity contribution in [2.24, 2.45) is 5.92 Å². The van der Waals surface area contributed by atoms with Crippen LogP contribution in [0, 0.1) is 5.92 Å².